The van der Waals surface area contributed by atoms with Gasteiger partial charge in [-0.2, -0.15) is 0 Å². The number of fused-ring (bicyclic) bond motifs is 1. The van der Waals surface area contributed by atoms with Crippen molar-refractivity contribution >= 4 is 12.2 Å². The fraction of sp³-hybridized carbons (Fsp3) is 0.211. The zero-order chi connectivity index (χ0) is 15.5. The second-order valence-electron chi connectivity index (χ2n) is 5.48. The highest BCUT2D eigenvalue weighted by Crippen LogP contribution is 2.39. The van der Waals surface area contributed by atoms with E-state index in [0.717, 1.165) is 11.1 Å². The van der Waals surface area contributed by atoms with E-state index in [4.69, 9.17) is 4.74 Å². The number of alkyl carbamates (subject to hydrolysis) is 1. The predicted octanol–water partition coefficient (Wildman–Crippen LogP) is 4.20. The number of carbonyl (C=O) groups excluding carboxylic acids is 1. The van der Waals surface area contributed by atoms with Gasteiger partial charge in [0.15, 0.2) is 0 Å². The largest absolute Gasteiger partial charge is 0.453 e. The number of nitrogens with one attached hydrogen (secondary N) is 1. The predicted molar refractivity (Wildman–Crippen MR) is 87.7 cm³/mol. The van der Waals surface area contributed by atoms with E-state index in [0.29, 0.717) is 0 Å². The second-order valence-corrected chi connectivity index (χ2v) is 5.48. The molecule has 3 nitrogen and oxygen atoms in total. The van der Waals surface area contributed by atoms with Gasteiger partial charge >= 0.3 is 6.09 Å². The molecule has 0 aromatic heterocycles. The molecule has 0 aliphatic heterocycles. The first-order valence-corrected chi connectivity index (χ1v) is 7.38. The topological polar surface area (TPSA) is 38.3 Å². The van der Waals surface area contributed by atoms with Gasteiger partial charge in [0.05, 0.1) is 13.2 Å². The van der Waals surface area contributed by atoms with Gasteiger partial charge in [-0.3, -0.25) is 0 Å². The molecule has 1 N–H and O–H groups in total. The van der Waals surface area contributed by atoms with Crippen LogP contribution in [0.3, 0.4) is 0 Å². The van der Waals surface area contributed by atoms with Crippen molar-refractivity contribution < 1.29 is 9.53 Å². The first-order chi connectivity index (χ1) is 10.7. The molecule has 0 fully saturated rings. The van der Waals surface area contributed by atoms with Crippen molar-refractivity contribution in [2.75, 3.05) is 7.11 Å². The van der Waals surface area contributed by atoms with Crippen molar-refractivity contribution in [1.82, 2.24) is 5.32 Å². The minimum Gasteiger partial charge on any atom is -0.453 e. The highest BCUT2D eigenvalue weighted by molar-refractivity contribution is 5.70. The Morgan fingerprint density at radius 3 is 2.45 bits per heavy atom. The monoisotopic (exact) mass is 293 g/mol. The van der Waals surface area contributed by atoms with Crippen molar-refractivity contribution in [3.63, 3.8) is 0 Å². The van der Waals surface area contributed by atoms with Gasteiger partial charge in [0.1, 0.15) is 0 Å². The number of amides is 1. The molecule has 2 aromatic carbocycles. The lowest BCUT2D eigenvalue weighted by Gasteiger charge is -2.31. The Hall–Kier alpha value is -2.55. The SMILES string of the molecule is COC(=O)N[C@@H]1c2ccccc2C=C[C@@H]1c1ccccc1C. The number of carbonyl (C=O) groups is 1. The molecular weight excluding hydrogens is 274 g/mol. The Kier molecular flexibility index (Phi) is 3.96. The van der Waals surface area contributed by atoms with Crippen LogP contribution in [0.5, 0.6) is 0 Å². The lowest BCUT2D eigenvalue weighted by atomic mass is 9.79. The fourth-order valence-corrected chi connectivity index (χ4v) is 3.06. The summed E-state index contributed by atoms with van der Waals surface area (Å²) in [6.07, 6.45) is 3.88. The number of hydrogen-bond donors (Lipinski definition) is 1. The van der Waals surface area contributed by atoms with Gasteiger partial charge in [-0.05, 0) is 29.2 Å². The van der Waals surface area contributed by atoms with E-state index in [2.05, 4.69) is 48.7 Å². The molecule has 1 aliphatic rings. The third-order valence-electron chi connectivity index (χ3n) is 4.18. The van der Waals surface area contributed by atoms with E-state index < -0.39 is 6.09 Å². The number of methoxy groups -OCH3 is 1. The average Bonchev–Trinajstić information content (AvgIpc) is 2.56. The first-order valence-electron chi connectivity index (χ1n) is 7.38. The maximum atomic E-state index is 11.8. The van der Waals surface area contributed by atoms with Gasteiger partial charge in [-0.25, -0.2) is 4.79 Å². The van der Waals surface area contributed by atoms with E-state index in [1.54, 1.807) is 0 Å². The van der Waals surface area contributed by atoms with E-state index in [1.807, 2.05) is 24.3 Å². The van der Waals surface area contributed by atoms with E-state index in [-0.39, 0.29) is 12.0 Å². The lowest BCUT2D eigenvalue weighted by Crippen LogP contribution is -2.33. The van der Waals surface area contributed by atoms with E-state index in [1.165, 1.54) is 18.2 Å². The number of rotatable bonds is 2. The Labute approximate surface area is 130 Å². The Bertz CT molecular complexity index is 721. The zero-order valence-electron chi connectivity index (χ0n) is 12.7. The van der Waals surface area contributed by atoms with Crippen LogP contribution < -0.4 is 5.32 Å². The fourth-order valence-electron chi connectivity index (χ4n) is 3.06. The molecule has 112 valence electrons. The molecule has 0 saturated heterocycles. The average molecular weight is 293 g/mol. The summed E-state index contributed by atoms with van der Waals surface area (Å²) in [5.74, 6) is 0.0928. The smallest absolute Gasteiger partial charge is 0.407 e. The molecule has 0 radical (unpaired) electrons. The molecule has 0 heterocycles. The summed E-state index contributed by atoms with van der Waals surface area (Å²) in [5, 5.41) is 2.99. The highest BCUT2D eigenvalue weighted by atomic mass is 16.5. The van der Waals surface area contributed by atoms with Crippen molar-refractivity contribution in [3.05, 3.63) is 76.9 Å². The van der Waals surface area contributed by atoms with Crippen LogP contribution in [0, 0.1) is 6.92 Å². The van der Waals surface area contributed by atoms with Gasteiger partial charge in [0, 0.05) is 5.92 Å². The summed E-state index contributed by atoms with van der Waals surface area (Å²) in [4.78, 5) is 11.8. The maximum absolute atomic E-state index is 11.8. The first kappa shape index (κ1) is 14.4. The number of hydrogen-bond acceptors (Lipinski definition) is 2. The van der Waals surface area contributed by atoms with Gasteiger partial charge in [-0.15, -0.1) is 0 Å². The van der Waals surface area contributed by atoms with Gasteiger partial charge in [-0.1, -0.05) is 60.7 Å². The molecule has 1 amide bonds. The van der Waals surface area contributed by atoms with Crippen LogP contribution in [-0.4, -0.2) is 13.2 Å². The highest BCUT2D eigenvalue weighted by Gasteiger charge is 2.29. The van der Waals surface area contributed by atoms with E-state index >= 15 is 0 Å². The number of benzene rings is 2. The van der Waals surface area contributed by atoms with Crippen molar-refractivity contribution in [2.24, 2.45) is 0 Å². The van der Waals surface area contributed by atoms with Crippen LogP contribution in [0.2, 0.25) is 0 Å². The zero-order valence-corrected chi connectivity index (χ0v) is 12.7. The van der Waals surface area contributed by atoms with Crippen LogP contribution in [0.25, 0.3) is 6.08 Å². The molecule has 0 spiro atoms. The summed E-state index contributed by atoms with van der Waals surface area (Å²) >= 11 is 0. The van der Waals surface area contributed by atoms with Crippen LogP contribution in [-0.2, 0) is 4.74 Å². The van der Waals surface area contributed by atoms with E-state index in [9.17, 15) is 4.79 Å². The molecule has 2 aromatic rings. The molecule has 22 heavy (non-hydrogen) atoms. The second kappa shape index (κ2) is 6.06. The molecule has 3 rings (SSSR count). The molecule has 0 unspecified atom stereocenters. The summed E-state index contributed by atoms with van der Waals surface area (Å²) in [6, 6.07) is 16.3. The summed E-state index contributed by atoms with van der Waals surface area (Å²) in [7, 11) is 1.39. The Morgan fingerprint density at radius 1 is 1.05 bits per heavy atom. The summed E-state index contributed by atoms with van der Waals surface area (Å²) in [5.41, 5.74) is 4.68. The van der Waals surface area contributed by atoms with Crippen molar-refractivity contribution in [3.8, 4) is 0 Å². The molecule has 3 heteroatoms. The standard InChI is InChI=1S/C19H19NO2/c1-13-7-3-5-9-15(13)17-12-11-14-8-4-6-10-16(14)18(17)20-19(21)22-2/h3-12,17-18H,1-2H3,(H,20,21)/t17-,18-/m1/s1. The van der Waals surface area contributed by atoms with Gasteiger partial charge in [0.25, 0.3) is 0 Å². The van der Waals surface area contributed by atoms with Crippen LogP contribution in [0.1, 0.15) is 34.2 Å². The quantitative estimate of drug-likeness (QED) is 0.901. The van der Waals surface area contributed by atoms with Crippen molar-refractivity contribution in [2.45, 2.75) is 18.9 Å². The maximum Gasteiger partial charge on any atom is 0.407 e. The Balaban J connectivity index is 2.06. The number of ether oxygens (including phenoxy) is 1. The third kappa shape index (κ3) is 2.62. The molecule has 1 aliphatic carbocycles. The minimum atomic E-state index is -0.409. The van der Waals surface area contributed by atoms with Crippen LogP contribution >= 0.6 is 0 Å². The molecule has 0 bridgehead atoms. The normalized spacial score (nSPS) is 19.4. The van der Waals surface area contributed by atoms with Gasteiger partial charge in [0.2, 0.25) is 0 Å². The third-order valence-corrected chi connectivity index (χ3v) is 4.18. The lowest BCUT2D eigenvalue weighted by molar-refractivity contribution is 0.165. The van der Waals surface area contributed by atoms with Crippen LogP contribution in [0.15, 0.2) is 54.6 Å². The summed E-state index contributed by atoms with van der Waals surface area (Å²) in [6.45, 7) is 2.10. The molecule has 0 saturated carbocycles. The van der Waals surface area contributed by atoms with Crippen LogP contribution in [0.4, 0.5) is 4.79 Å². The van der Waals surface area contributed by atoms with Crippen molar-refractivity contribution in [1.29, 1.82) is 0 Å². The summed E-state index contributed by atoms with van der Waals surface area (Å²) < 4.78 is 4.81. The molecule has 2 atom stereocenters. The minimum absolute atomic E-state index is 0.0928. The van der Waals surface area contributed by atoms with Gasteiger partial charge < -0.3 is 10.1 Å². The Morgan fingerprint density at radius 2 is 1.73 bits per heavy atom. The number of aryl methyl sites for hydroxylation is 1. The molecular formula is C19H19NO2.